The van der Waals surface area contributed by atoms with Crippen molar-refractivity contribution in [2.75, 3.05) is 17.1 Å². The van der Waals surface area contributed by atoms with Crippen LogP contribution in [-0.2, 0) is 24.7 Å². The smallest absolute Gasteiger partial charge is 0.264 e. The summed E-state index contributed by atoms with van der Waals surface area (Å²) in [7, 11) is -7.59. The average molecular weight is 491 g/mol. The normalized spacial score (nSPS) is 12.7. The summed E-state index contributed by atoms with van der Waals surface area (Å²) in [5.74, 6) is -1.44. The monoisotopic (exact) mass is 490 g/mol. The van der Waals surface area contributed by atoms with Gasteiger partial charge in [0.2, 0.25) is 5.91 Å². The van der Waals surface area contributed by atoms with E-state index in [-0.39, 0.29) is 15.5 Å². The molecule has 0 saturated heterocycles. The molecular weight excluding hydrogens is 467 g/mol. The van der Waals surface area contributed by atoms with Crippen molar-refractivity contribution in [2.24, 2.45) is 0 Å². The van der Waals surface area contributed by atoms with E-state index in [2.05, 4.69) is 5.32 Å². The summed E-state index contributed by atoms with van der Waals surface area (Å²) < 4.78 is 64.9. The van der Waals surface area contributed by atoms with E-state index >= 15 is 0 Å². The third-order valence-corrected chi connectivity index (χ3v) is 7.83. The summed E-state index contributed by atoms with van der Waals surface area (Å²) in [6.07, 6.45) is 1.09. The maximum absolute atomic E-state index is 14.5. The second kappa shape index (κ2) is 9.72. The lowest BCUT2D eigenvalue weighted by atomic mass is 10.1. The Morgan fingerprint density at radius 3 is 2.03 bits per heavy atom. The molecule has 7 nitrogen and oxygen atoms in total. The van der Waals surface area contributed by atoms with Gasteiger partial charge in [0.05, 0.1) is 21.5 Å². The second-order valence-electron chi connectivity index (χ2n) is 7.41. The van der Waals surface area contributed by atoms with Gasteiger partial charge in [-0.1, -0.05) is 42.5 Å². The molecule has 0 bridgehead atoms. The van der Waals surface area contributed by atoms with E-state index in [0.29, 0.717) is 5.56 Å². The van der Waals surface area contributed by atoms with Gasteiger partial charge in [-0.05, 0) is 48.9 Å². The van der Waals surface area contributed by atoms with Crippen molar-refractivity contribution < 1.29 is 26.0 Å². The molecule has 33 heavy (non-hydrogen) atoms. The Labute approximate surface area is 192 Å². The van der Waals surface area contributed by atoms with Crippen LogP contribution in [0.25, 0.3) is 0 Å². The fourth-order valence-electron chi connectivity index (χ4n) is 3.18. The minimum absolute atomic E-state index is 0.0783. The summed E-state index contributed by atoms with van der Waals surface area (Å²) in [6.45, 7) is 1.02. The molecule has 0 heterocycles. The Morgan fingerprint density at radius 1 is 0.879 bits per heavy atom. The standard InChI is InChI=1S/C23H23FN2O5S2/c1-17(18-12-14-19(15-13-18)32(2,28)29)25-23(27)16-26(22-11-7-6-10-21(22)24)33(30,31)20-8-4-3-5-9-20/h3-15,17H,16H2,1-2H3,(H,25,27). The summed E-state index contributed by atoms with van der Waals surface area (Å²) >= 11 is 0. The van der Waals surface area contributed by atoms with Gasteiger partial charge in [0.25, 0.3) is 10.0 Å². The van der Waals surface area contributed by atoms with Crippen LogP contribution < -0.4 is 9.62 Å². The molecule has 0 aliphatic rings. The molecule has 10 heteroatoms. The van der Waals surface area contributed by atoms with E-state index in [1.165, 1.54) is 54.6 Å². The number of hydrogen-bond donors (Lipinski definition) is 1. The van der Waals surface area contributed by atoms with Crippen molar-refractivity contribution in [3.05, 3.63) is 90.2 Å². The van der Waals surface area contributed by atoms with Gasteiger partial charge in [-0.25, -0.2) is 21.2 Å². The molecule has 1 unspecified atom stereocenters. The Morgan fingerprint density at radius 2 is 1.45 bits per heavy atom. The van der Waals surface area contributed by atoms with Gasteiger partial charge in [0, 0.05) is 6.26 Å². The molecular formula is C23H23FN2O5S2. The number of sulfone groups is 1. The predicted molar refractivity (Wildman–Crippen MR) is 123 cm³/mol. The average Bonchev–Trinajstić information content (AvgIpc) is 2.78. The Hall–Kier alpha value is -3.24. The number of sulfonamides is 1. The van der Waals surface area contributed by atoms with Gasteiger partial charge in [0.1, 0.15) is 12.4 Å². The molecule has 0 fully saturated rings. The van der Waals surface area contributed by atoms with Gasteiger partial charge >= 0.3 is 0 Å². The molecule has 3 aromatic carbocycles. The lowest BCUT2D eigenvalue weighted by Gasteiger charge is -2.25. The number of halogens is 1. The number of amides is 1. The van der Waals surface area contributed by atoms with Crippen molar-refractivity contribution in [3.63, 3.8) is 0 Å². The fraction of sp³-hybridized carbons (Fsp3) is 0.174. The van der Waals surface area contributed by atoms with Gasteiger partial charge in [-0.15, -0.1) is 0 Å². The quantitative estimate of drug-likeness (QED) is 0.522. The third kappa shape index (κ3) is 5.77. The number of para-hydroxylation sites is 1. The van der Waals surface area contributed by atoms with E-state index < -0.39 is 44.2 Å². The number of benzene rings is 3. The largest absolute Gasteiger partial charge is 0.348 e. The van der Waals surface area contributed by atoms with Gasteiger partial charge in [-0.2, -0.15) is 0 Å². The van der Waals surface area contributed by atoms with Crippen molar-refractivity contribution in [3.8, 4) is 0 Å². The topological polar surface area (TPSA) is 101 Å². The highest BCUT2D eigenvalue weighted by molar-refractivity contribution is 7.93. The number of rotatable bonds is 8. The second-order valence-corrected chi connectivity index (χ2v) is 11.3. The predicted octanol–water partition coefficient (Wildman–Crippen LogP) is 3.30. The molecule has 0 aliphatic carbocycles. The molecule has 1 N–H and O–H groups in total. The van der Waals surface area contributed by atoms with Crippen LogP contribution in [0.1, 0.15) is 18.5 Å². The highest BCUT2D eigenvalue weighted by atomic mass is 32.2. The highest BCUT2D eigenvalue weighted by Gasteiger charge is 2.29. The number of carbonyl (C=O) groups excluding carboxylic acids is 1. The third-order valence-electron chi connectivity index (χ3n) is 4.93. The molecule has 1 amide bonds. The van der Waals surface area contributed by atoms with Crippen molar-refractivity contribution in [1.29, 1.82) is 0 Å². The first-order chi connectivity index (χ1) is 15.5. The van der Waals surface area contributed by atoms with Crippen molar-refractivity contribution in [1.82, 2.24) is 5.32 Å². The van der Waals surface area contributed by atoms with Gasteiger partial charge < -0.3 is 5.32 Å². The van der Waals surface area contributed by atoms with Crippen LogP contribution in [0.3, 0.4) is 0 Å². The first kappa shape index (κ1) is 24.4. The zero-order valence-corrected chi connectivity index (χ0v) is 19.6. The summed E-state index contributed by atoms with van der Waals surface area (Å²) in [6, 6.07) is 18.2. The van der Waals surface area contributed by atoms with Crippen LogP contribution in [-0.4, -0.2) is 35.5 Å². The number of anilines is 1. The lowest BCUT2D eigenvalue weighted by Crippen LogP contribution is -2.42. The van der Waals surface area contributed by atoms with Crippen molar-refractivity contribution in [2.45, 2.75) is 22.8 Å². The molecule has 3 rings (SSSR count). The molecule has 0 aromatic heterocycles. The van der Waals surface area contributed by atoms with E-state index in [0.717, 1.165) is 16.6 Å². The Bertz CT molecular complexity index is 1340. The summed E-state index contributed by atoms with van der Waals surface area (Å²) in [5.41, 5.74) is 0.376. The number of nitrogens with one attached hydrogen (secondary N) is 1. The van der Waals surface area contributed by atoms with Gasteiger partial charge in [-0.3, -0.25) is 9.10 Å². The van der Waals surface area contributed by atoms with Crippen LogP contribution in [0.2, 0.25) is 0 Å². The molecule has 0 spiro atoms. The van der Waals surface area contributed by atoms with Crippen LogP contribution in [0.5, 0.6) is 0 Å². The Kier molecular flexibility index (Phi) is 7.19. The van der Waals surface area contributed by atoms with Crippen LogP contribution in [0, 0.1) is 5.82 Å². The molecule has 0 radical (unpaired) electrons. The molecule has 0 saturated carbocycles. The number of hydrogen-bond acceptors (Lipinski definition) is 5. The minimum Gasteiger partial charge on any atom is -0.348 e. The van der Waals surface area contributed by atoms with Crippen LogP contribution in [0.4, 0.5) is 10.1 Å². The van der Waals surface area contributed by atoms with Gasteiger partial charge in [0.15, 0.2) is 9.84 Å². The zero-order valence-electron chi connectivity index (χ0n) is 18.0. The molecule has 1 atom stereocenters. The summed E-state index contributed by atoms with van der Waals surface area (Å²) in [5, 5.41) is 2.68. The fourth-order valence-corrected chi connectivity index (χ4v) is 5.26. The zero-order chi connectivity index (χ0) is 24.2. The van der Waals surface area contributed by atoms with Crippen LogP contribution >= 0.6 is 0 Å². The maximum atomic E-state index is 14.5. The van der Waals surface area contributed by atoms with Crippen LogP contribution in [0.15, 0.2) is 88.7 Å². The Balaban J connectivity index is 1.86. The lowest BCUT2D eigenvalue weighted by molar-refractivity contribution is -0.120. The molecule has 174 valence electrons. The SMILES string of the molecule is CC(NC(=O)CN(c1ccccc1F)S(=O)(=O)c1ccccc1)c1ccc(S(C)(=O)=O)cc1. The summed E-state index contributed by atoms with van der Waals surface area (Å²) in [4.78, 5) is 12.9. The molecule has 3 aromatic rings. The van der Waals surface area contributed by atoms with E-state index in [9.17, 15) is 26.0 Å². The van der Waals surface area contributed by atoms with E-state index in [1.54, 1.807) is 25.1 Å². The minimum atomic E-state index is -4.23. The number of nitrogens with zero attached hydrogens (tertiary/aromatic N) is 1. The van der Waals surface area contributed by atoms with Crippen molar-refractivity contribution >= 4 is 31.5 Å². The first-order valence-electron chi connectivity index (χ1n) is 9.92. The van der Waals surface area contributed by atoms with E-state index in [1.807, 2.05) is 0 Å². The van der Waals surface area contributed by atoms with E-state index in [4.69, 9.17) is 0 Å². The maximum Gasteiger partial charge on any atom is 0.264 e. The number of carbonyl (C=O) groups is 1. The first-order valence-corrected chi connectivity index (χ1v) is 13.2. The highest BCUT2D eigenvalue weighted by Crippen LogP contribution is 2.26. The molecule has 0 aliphatic heterocycles.